The topological polar surface area (TPSA) is 46.6 Å². The lowest BCUT2D eigenvalue weighted by atomic mass is 10.1. The van der Waals surface area contributed by atoms with E-state index in [-0.39, 0.29) is 11.9 Å². The fourth-order valence-corrected chi connectivity index (χ4v) is 3.66. The molecule has 0 aromatic heterocycles. The maximum Gasteiger partial charge on any atom is 0.338 e. The van der Waals surface area contributed by atoms with Crippen LogP contribution in [0.2, 0.25) is 0 Å². The lowest BCUT2D eigenvalue weighted by Crippen LogP contribution is -2.24. The first-order chi connectivity index (χ1) is 15.1. The fraction of sp³-hybridized carbons (Fsp3) is 0.0769. The molecule has 0 fully saturated rings. The third kappa shape index (κ3) is 4.52. The van der Waals surface area contributed by atoms with Gasteiger partial charge in [-0.2, -0.15) is 0 Å². The molecule has 31 heavy (non-hydrogen) atoms. The fourth-order valence-electron chi connectivity index (χ4n) is 3.39. The number of hydrogen-bond acceptors (Lipinski definition) is 3. The van der Waals surface area contributed by atoms with E-state index in [0.717, 1.165) is 27.0 Å². The van der Waals surface area contributed by atoms with Gasteiger partial charge in [0.2, 0.25) is 0 Å². The summed E-state index contributed by atoms with van der Waals surface area (Å²) >= 11 is 3.45. The van der Waals surface area contributed by atoms with E-state index >= 15 is 0 Å². The molecule has 0 spiro atoms. The van der Waals surface area contributed by atoms with Crippen LogP contribution in [0, 0.1) is 0 Å². The van der Waals surface area contributed by atoms with E-state index in [4.69, 9.17) is 4.74 Å². The van der Waals surface area contributed by atoms with Crippen LogP contribution in [0.3, 0.4) is 0 Å². The van der Waals surface area contributed by atoms with Crippen LogP contribution in [0.15, 0.2) is 95.0 Å². The molecule has 1 aliphatic heterocycles. The van der Waals surface area contributed by atoms with Gasteiger partial charge in [0.05, 0.1) is 17.9 Å². The summed E-state index contributed by atoms with van der Waals surface area (Å²) in [6.45, 7) is 2.11. The highest BCUT2D eigenvalue weighted by Gasteiger charge is 2.30. The molecule has 0 radical (unpaired) electrons. The number of carbonyl (C=O) groups excluding carboxylic acids is 2. The first-order valence-corrected chi connectivity index (χ1v) is 10.7. The minimum atomic E-state index is -0.355. The molecule has 4 nitrogen and oxygen atoms in total. The normalized spacial score (nSPS) is 14.6. The van der Waals surface area contributed by atoms with Crippen molar-refractivity contribution in [1.29, 1.82) is 0 Å². The average molecular weight is 474 g/mol. The number of anilines is 1. The maximum absolute atomic E-state index is 13.4. The van der Waals surface area contributed by atoms with E-state index < -0.39 is 0 Å². The molecule has 4 rings (SSSR count). The molecule has 1 aliphatic rings. The second-order valence-corrected chi connectivity index (χ2v) is 7.87. The number of halogens is 1. The number of benzene rings is 3. The highest BCUT2D eigenvalue weighted by atomic mass is 79.9. The van der Waals surface area contributed by atoms with Crippen LogP contribution < -0.4 is 4.90 Å². The second-order valence-electron chi connectivity index (χ2n) is 6.95. The van der Waals surface area contributed by atoms with Gasteiger partial charge in [-0.05, 0) is 66.6 Å². The Kier molecular flexibility index (Phi) is 6.14. The van der Waals surface area contributed by atoms with Crippen LogP contribution in [0.25, 0.3) is 11.8 Å². The number of ether oxygens (including phenoxy) is 1. The molecule has 154 valence electrons. The predicted molar refractivity (Wildman–Crippen MR) is 126 cm³/mol. The van der Waals surface area contributed by atoms with E-state index in [2.05, 4.69) is 15.9 Å². The Bertz CT molecular complexity index is 1160. The second kappa shape index (κ2) is 9.14. The van der Waals surface area contributed by atoms with Crippen LogP contribution in [-0.4, -0.2) is 18.5 Å². The summed E-state index contributed by atoms with van der Waals surface area (Å²) in [5.74, 6) is -0.457. The van der Waals surface area contributed by atoms with Crippen LogP contribution >= 0.6 is 15.9 Å². The SMILES string of the molecule is CCOC(=O)c1ccc(C=C2C=C(c3ccccc3)N(c3ccc(Br)cc3)C2=O)cc1. The third-order valence-electron chi connectivity index (χ3n) is 4.88. The summed E-state index contributed by atoms with van der Waals surface area (Å²) in [6, 6.07) is 24.5. The van der Waals surface area contributed by atoms with E-state index in [0.29, 0.717) is 17.7 Å². The van der Waals surface area contributed by atoms with Gasteiger partial charge < -0.3 is 4.74 Å². The van der Waals surface area contributed by atoms with Gasteiger partial charge in [-0.25, -0.2) is 4.79 Å². The van der Waals surface area contributed by atoms with E-state index in [1.54, 1.807) is 24.0 Å². The van der Waals surface area contributed by atoms with Gasteiger partial charge in [0.1, 0.15) is 0 Å². The molecule has 0 unspecified atom stereocenters. The molecule has 0 N–H and O–H groups in total. The quantitative estimate of drug-likeness (QED) is 0.332. The van der Waals surface area contributed by atoms with Crippen molar-refractivity contribution in [3.05, 3.63) is 112 Å². The molecular formula is C26H20BrNO3. The molecule has 0 saturated heterocycles. The molecule has 5 heteroatoms. The van der Waals surface area contributed by atoms with Crippen LogP contribution in [-0.2, 0) is 9.53 Å². The summed E-state index contributed by atoms with van der Waals surface area (Å²) in [4.78, 5) is 26.9. The van der Waals surface area contributed by atoms with Crippen LogP contribution in [0.5, 0.6) is 0 Å². The van der Waals surface area contributed by atoms with E-state index in [9.17, 15) is 9.59 Å². The van der Waals surface area contributed by atoms with Crippen molar-refractivity contribution in [1.82, 2.24) is 0 Å². The Morgan fingerprint density at radius 3 is 2.29 bits per heavy atom. The minimum absolute atomic E-state index is 0.101. The van der Waals surface area contributed by atoms with Gasteiger partial charge in [-0.15, -0.1) is 0 Å². The van der Waals surface area contributed by atoms with Crippen molar-refractivity contribution >= 4 is 45.3 Å². The lowest BCUT2D eigenvalue weighted by molar-refractivity contribution is -0.113. The molecule has 1 heterocycles. The number of hydrogen-bond donors (Lipinski definition) is 0. The Labute approximate surface area is 189 Å². The van der Waals surface area contributed by atoms with Crippen LogP contribution in [0.4, 0.5) is 5.69 Å². The zero-order valence-electron chi connectivity index (χ0n) is 16.9. The monoisotopic (exact) mass is 473 g/mol. The van der Waals surface area contributed by atoms with Gasteiger partial charge in [-0.1, -0.05) is 58.4 Å². The third-order valence-corrected chi connectivity index (χ3v) is 5.41. The Morgan fingerprint density at radius 2 is 1.65 bits per heavy atom. The predicted octanol–water partition coefficient (Wildman–Crippen LogP) is 6.10. The maximum atomic E-state index is 13.4. The van der Waals surface area contributed by atoms with Crippen molar-refractivity contribution in [3.8, 4) is 0 Å². The standard InChI is InChI=1S/C26H20BrNO3/c1-2-31-26(30)20-10-8-18(9-11-20)16-21-17-24(19-6-4-3-5-7-19)28(25(21)29)23-14-12-22(27)13-15-23/h3-17H,2H2,1H3. The molecule has 0 bridgehead atoms. The summed E-state index contributed by atoms with van der Waals surface area (Å²) in [5.41, 5.74) is 4.47. The van der Waals surface area contributed by atoms with Gasteiger partial charge in [-0.3, -0.25) is 9.69 Å². The van der Waals surface area contributed by atoms with E-state index in [1.165, 1.54) is 0 Å². The Balaban J connectivity index is 1.71. The Hall–Kier alpha value is -3.44. The molecular weight excluding hydrogens is 454 g/mol. The highest BCUT2D eigenvalue weighted by Crippen LogP contribution is 2.35. The average Bonchev–Trinajstić information content (AvgIpc) is 3.11. The van der Waals surface area contributed by atoms with Gasteiger partial charge in [0, 0.05) is 15.7 Å². The van der Waals surface area contributed by atoms with Crippen molar-refractivity contribution in [2.24, 2.45) is 0 Å². The first kappa shape index (κ1) is 20.8. The first-order valence-electron chi connectivity index (χ1n) is 9.93. The zero-order valence-corrected chi connectivity index (χ0v) is 18.5. The molecule has 0 atom stereocenters. The summed E-state index contributed by atoms with van der Waals surface area (Å²) in [6.07, 6.45) is 3.73. The van der Waals surface area contributed by atoms with Gasteiger partial charge in [0.25, 0.3) is 5.91 Å². The number of esters is 1. The lowest BCUT2D eigenvalue weighted by Gasteiger charge is -2.21. The Morgan fingerprint density at radius 1 is 0.968 bits per heavy atom. The summed E-state index contributed by atoms with van der Waals surface area (Å²) < 4.78 is 5.97. The van der Waals surface area contributed by atoms with Gasteiger partial charge in [0.15, 0.2) is 0 Å². The number of carbonyl (C=O) groups is 2. The number of rotatable bonds is 5. The smallest absolute Gasteiger partial charge is 0.338 e. The van der Waals surface area contributed by atoms with Crippen molar-refractivity contribution < 1.29 is 14.3 Å². The van der Waals surface area contributed by atoms with Crippen molar-refractivity contribution in [2.75, 3.05) is 11.5 Å². The number of amides is 1. The highest BCUT2D eigenvalue weighted by molar-refractivity contribution is 9.10. The van der Waals surface area contributed by atoms with Gasteiger partial charge >= 0.3 is 5.97 Å². The molecule has 3 aromatic carbocycles. The summed E-state index contributed by atoms with van der Waals surface area (Å²) in [5, 5.41) is 0. The molecule has 0 aliphatic carbocycles. The van der Waals surface area contributed by atoms with E-state index in [1.807, 2.05) is 78.9 Å². The zero-order chi connectivity index (χ0) is 21.8. The largest absolute Gasteiger partial charge is 0.462 e. The van der Waals surface area contributed by atoms with Crippen molar-refractivity contribution in [2.45, 2.75) is 6.92 Å². The molecule has 3 aromatic rings. The number of nitrogens with zero attached hydrogens (tertiary/aromatic N) is 1. The minimum Gasteiger partial charge on any atom is -0.462 e. The van der Waals surface area contributed by atoms with Crippen molar-refractivity contribution in [3.63, 3.8) is 0 Å². The molecule has 0 saturated carbocycles. The summed E-state index contributed by atoms with van der Waals surface area (Å²) in [7, 11) is 0. The van der Waals surface area contributed by atoms with Crippen LogP contribution in [0.1, 0.15) is 28.4 Å². The molecule has 1 amide bonds.